The molecule has 0 saturated heterocycles. The summed E-state index contributed by atoms with van der Waals surface area (Å²) in [5.41, 5.74) is 3.79. The molecule has 0 amide bonds. The van der Waals surface area contributed by atoms with Crippen molar-refractivity contribution >= 4 is 28.4 Å². The molecule has 0 aliphatic rings. The van der Waals surface area contributed by atoms with Crippen LogP contribution in [-0.4, -0.2) is 36.3 Å². The number of hydrogen-bond acceptors (Lipinski definition) is 6. The summed E-state index contributed by atoms with van der Waals surface area (Å²) in [5.74, 6) is 0.229. The van der Waals surface area contributed by atoms with Crippen molar-refractivity contribution in [3.8, 4) is 11.8 Å². The van der Waals surface area contributed by atoms with Gasteiger partial charge in [-0.15, -0.1) is 5.10 Å². The summed E-state index contributed by atoms with van der Waals surface area (Å²) >= 11 is 1.32. The van der Waals surface area contributed by atoms with E-state index < -0.39 is 0 Å². The fourth-order valence-electron chi connectivity index (χ4n) is 3.65. The van der Waals surface area contributed by atoms with Crippen LogP contribution in [0.15, 0.2) is 59.9 Å². The molecule has 7 nitrogen and oxygen atoms in total. The van der Waals surface area contributed by atoms with E-state index in [1.165, 1.54) is 30.2 Å². The number of aromatic nitrogens is 5. The molecule has 0 N–H and O–H groups in total. The number of carbonyl (C=O) groups is 1. The molecule has 0 radical (unpaired) electrons. The maximum Gasteiger partial charge on any atom is 0.214 e. The SMILES string of the molecule is CCCCc1ccc(-n2nnnc2SCC(=O)c2cn(CCC#N)c3ccccc23)cc1. The van der Waals surface area contributed by atoms with Gasteiger partial charge in [0.2, 0.25) is 5.16 Å². The second-order valence-corrected chi connectivity index (χ2v) is 8.46. The Bertz CT molecular complexity index is 1250. The van der Waals surface area contributed by atoms with Crippen molar-refractivity contribution in [2.75, 3.05) is 5.75 Å². The number of nitriles is 1. The van der Waals surface area contributed by atoms with Crippen LogP contribution in [0.2, 0.25) is 0 Å². The Hall–Kier alpha value is -3.44. The average molecular weight is 445 g/mol. The third-order valence-electron chi connectivity index (χ3n) is 5.33. The van der Waals surface area contributed by atoms with Gasteiger partial charge in [-0.25, -0.2) is 0 Å². The number of nitrogens with zero attached hydrogens (tertiary/aromatic N) is 6. The second kappa shape index (κ2) is 10.2. The van der Waals surface area contributed by atoms with Crippen molar-refractivity contribution in [2.45, 2.75) is 44.3 Å². The Labute approximate surface area is 191 Å². The zero-order chi connectivity index (χ0) is 22.3. The van der Waals surface area contributed by atoms with Gasteiger partial charge in [-0.1, -0.05) is 55.4 Å². The van der Waals surface area contributed by atoms with Gasteiger partial charge in [-0.3, -0.25) is 4.79 Å². The lowest BCUT2D eigenvalue weighted by molar-refractivity contribution is 0.102. The molecule has 2 heterocycles. The fourth-order valence-corrected chi connectivity index (χ4v) is 4.42. The van der Waals surface area contributed by atoms with Crippen molar-refractivity contribution < 1.29 is 4.79 Å². The van der Waals surface area contributed by atoms with Gasteiger partial charge < -0.3 is 4.57 Å². The van der Waals surface area contributed by atoms with Crippen LogP contribution in [0, 0.1) is 11.3 Å². The van der Waals surface area contributed by atoms with E-state index in [1.54, 1.807) is 4.68 Å². The lowest BCUT2D eigenvalue weighted by Crippen LogP contribution is -2.05. The lowest BCUT2D eigenvalue weighted by Gasteiger charge is -2.06. The number of fused-ring (bicyclic) bond motifs is 1. The molecular weight excluding hydrogens is 420 g/mol. The molecule has 0 spiro atoms. The van der Waals surface area contributed by atoms with E-state index in [9.17, 15) is 4.79 Å². The zero-order valence-electron chi connectivity index (χ0n) is 17.9. The topological polar surface area (TPSA) is 89.4 Å². The largest absolute Gasteiger partial charge is 0.346 e. The lowest BCUT2D eigenvalue weighted by atomic mass is 10.1. The van der Waals surface area contributed by atoms with E-state index in [4.69, 9.17) is 5.26 Å². The van der Waals surface area contributed by atoms with Gasteiger partial charge in [-0.05, 0) is 47.0 Å². The summed E-state index contributed by atoms with van der Waals surface area (Å²) in [7, 11) is 0. The number of thioether (sulfide) groups is 1. The van der Waals surface area contributed by atoms with Gasteiger partial charge in [0.1, 0.15) is 0 Å². The highest BCUT2D eigenvalue weighted by molar-refractivity contribution is 7.99. The third kappa shape index (κ3) is 4.73. The van der Waals surface area contributed by atoms with Crippen molar-refractivity contribution in [1.82, 2.24) is 24.8 Å². The van der Waals surface area contributed by atoms with Crippen LogP contribution in [0.4, 0.5) is 0 Å². The fraction of sp³-hybridized carbons (Fsp3) is 0.292. The normalized spacial score (nSPS) is 11.0. The van der Waals surface area contributed by atoms with E-state index in [2.05, 4.69) is 40.7 Å². The number of para-hydroxylation sites is 1. The second-order valence-electron chi connectivity index (χ2n) is 7.52. The molecule has 4 aromatic rings. The Kier molecular flexibility index (Phi) is 6.97. The molecule has 162 valence electrons. The molecule has 2 aromatic carbocycles. The number of hydrogen-bond donors (Lipinski definition) is 0. The predicted molar refractivity (Wildman–Crippen MR) is 125 cm³/mol. The molecule has 0 aliphatic heterocycles. The molecule has 4 rings (SSSR count). The first-order valence-corrected chi connectivity index (χ1v) is 11.7. The van der Waals surface area contributed by atoms with E-state index in [-0.39, 0.29) is 11.5 Å². The number of Topliss-reactive ketones (excluding diaryl/α,β-unsaturated/α-hetero) is 1. The first kappa shape index (κ1) is 21.8. The van der Waals surface area contributed by atoms with E-state index in [1.807, 2.05) is 47.2 Å². The summed E-state index contributed by atoms with van der Waals surface area (Å²) in [6.45, 7) is 2.74. The van der Waals surface area contributed by atoms with Gasteiger partial charge in [0, 0.05) is 29.2 Å². The minimum Gasteiger partial charge on any atom is -0.346 e. The molecule has 0 atom stereocenters. The Balaban J connectivity index is 1.49. The van der Waals surface area contributed by atoms with Crippen molar-refractivity contribution in [3.05, 3.63) is 65.9 Å². The zero-order valence-corrected chi connectivity index (χ0v) is 18.8. The molecule has 32 heavy (non-hydrogen) atoms. The number of benzene rings is 2. The molecule has 2 aromatic heterocycles. The summed E-state index contributed by atoms with van der Waals surface area (Å²) in [6, 6.07) is 18.2. The molecule has 0 bridgehead atoms. The quantitative estimate of drug-likeness (QED) is 0.257. The van der Waals surface area contributed by atoms with Gasteiger partial charge in [0.05, 0.1) is 23.9 Å². The predicted octanol–water partition coefficient (Wildman–Crippen LogP) is 4.85. The smallest absolute Gasteiger partial charge is 0.214 e. The molecular formula is C24H24N6OS. The van der Waals surface area contributed by atoms with Crippen LogP contribution < -0.4 is 0 Å². The molecule has 0 fully saturated rings. The van der Waals surface area contributed by atoms with E-state index >= 15 is 0 Å². The molecule has 0 unspecified atom stereocenters. The van der Waals surface area contributed by atoms with Gasteiger partial charge >= 0.3 is 0 Å². The highest BCUT2D eigenvalue weighted by atomic mass is 32.2. The van der Waals surface area contributed by atoms with E-state index in [0.717, 1.165) is 23.0 Å². The maximum atomic E-state index is 13.1. The Morgan fingerprint density at radius 1 is 1.16 bits per heavy atom. The monoisotopic (exact) mass is 444 g/mol. The number of ketones is 1. The third-order valence-corrected chi connectivity index (χ3v) is 6.25. The number of tetrazole rings is 1. The number of aryl methyl sites for hydroxylation is 2. The summed E-state index contributed by atoms with van der Waals surface area (Å²) in [6.07, 6.45) is 5.64. The van der Waals surface area contributed by atoms with Crippen LogP contribution in [0.1, 0.15) is 42.1 Å². The van der Waals surface area contributed by atoms with Gasteiger partial charge in [0.25, 0.3) is 0 Å². The highest BCUT2D eigenvalue weighted by Gasteiger charge is 2.17. The van der Waals surface area contributed by atoms with E-state index in [0.29, 0.717) is 23.7 Å². The minimum atomic E-state index is 0.00590. The highest BCUT2D eigenvalue weighted by Crippen LogP contribution is 2.25. The summed E-state index contributed by atoms with van der Waals surface area (Å²) in [5, 5.41) is 22.4. The van der Waals surface area contributed by atoms with Crippen molar-refractivity contribution in [1.29, 1.82) is 5.26 Å². The van der Waals surface area contributed by atoms with Crippen LogP contribution in [0.25, 0.3) is 16.6 Å². The molecule has 0 saturated carbocycles. The van der Waals surface area contributed by atoms with Crippen LogP contribution in [0.5, 0.6) is 0 Å². The molecule has 8 heteroatoms. The van der Waals surface area contributed by atoms with Crippen molar-refractivity contribution in [3.63, 3.8) is 0 Å². The van der Waals surface area contributed by atoms with Crippen molar-refractivity contribution in [2.24, 2.45) is 0 Å². The van der Waals surface area contributed by atoms with Crippen LogP contribution in [-0.2, 0) is 13.0 Å². The average Bonchev–Trinajstić information content (AvgIpc) is 3.45. The standard InChI is InChI=1S/C24H24N6OS/c1-2-3-7-18-10-12-19(13-11-18)30-24(26-27-28-30)32-17-23(31)21-16-29(15-6-14-25)22-9-5-4-8-20(21)22/h4-5,8-13,16H,2-3,6-7,15,17H2,1H3. The van der Waals surface area contributed by atoms with Gasteiger partial charge in [-0.2, -0.15) is 9.94 Å². The number of carbonyl (C=O) groups excluding carboxylic acids is 1. The molecule has 0 aliphatic carbocycles. The first-order chi connectivity index (χ1) is 15.7. The Morgan fingerprint density at radius 2 is 1.97 bits per heavy atom. The van der Waals surface area contributed by atoms with Crippen LogP contribution >= 0.6 is 11.8 Å². The minimum absolute atomic E-state index is 0.00590. The maximum absolute atomic E-state index is 13.1. The van der Waals surface area contributed by atoms with Gasteiger partial charge in [0.15, 0.2) is 5.78 Å². The summed E-state index contributed by atoms with van der Waals surface area (Å²) < 4.78 is 3.64. The van der Waals surface area contributed by atoms with Crippen LogP contribution in [0.3, 0.4) is 0 Å². The number of rotatable bonds is 10. The first-order valence-electron chi connectivity index (χ1n) is 10.7. The summed E-state index contributed by atoms with van der Waals surface area (Å²) in [4.78, 5) is 13.1. The Morgan fingerprint density at radius 3 is 2.75 bits per heavy atom. The number of unbranched alkanes of at least 4 members (excludes halogenated alkanes) is 1.